The molecule has 0 atom stereocenters. The molecule has 9 nitrogen and oxygen atoms in total. The average molecular weight is 387 g/mol. The normalized spacial score (nSPS) is 14.5. The van der Waals surface area contributed by atoms with Gasteiger partial charge < -0.3 is 29.3 Å². The predicted molar refractivity (Wildman–Crippen MR) is 106 cm³/mol. The molecule has 0 bridgehead atoms. The number of nitrogens with one attached hydrogen (secondary N) is 1. The largest absolute Gasteiger partial charge is 0.493 e. The van der Waals surface area contributed by atoms with Crippen molar-refractivity contribution in [1.29, 1.82) is 0 Å². The van der Waals surface area contributed by atoms with Gasteiger partial charge in [-0.25, -0.2) is 9.97 Å². The zero-order chi connectivity index (χ0) is 20.1. The molecule has 9 heteroatoms. The minimum atomic E-state index is -0.331. The van der Waals surface area contributed by atoms with Crippen molar-refractivity contribution in [1.82, 2.24) is 14.9 Å². The van der Waals surface area contributed by atoms with Crippen LogP contribution in [0.25, 0.3) is 0 Å². The number of aromatic nitrogens is 2. The lowest BCUT2D eigenvalue weighted by molar-refractivity contribution is 0.102. The summed E-state index contributed by atoms with van der Waals surface area (Å²) in [5.74, 6) is 2.15. The van der Waals surface area contributed by atoms with Crippen LogP contribution in [0.2, 0.25) is 0 Å². The number of ether oxygens (including phenoxy) is 3. The molecule has 150 valence electrons. The highest BCUT2D eigenvalue weighted by molar-refractivity contribution is 6.04. The molecular weight excluding hydrogens is 362 g/mol. The maximum absolute atomic E-state index is 12.7. The van der Waals surface area contributed by atoms with Crippen molar-refractivity contribution < 1.29 is 19.0 Å². The summed E-state index contributed by atoms with van der Waals surface area (Å²) in [7, 11) is 6.62. The highest BCUT2D eigenvalue weighted by Crippen LogP contribution is 2.38. The minimum Gasteiger partial charge on any atom is -0.493 e. The van der Waals surface area contributed by atoms with E-state index in [9.17, 15) is 4.79 Å². The van der Waals surface area contributed by atoms with Crippen LogP contribution in [0.15, 0.2) is 24.5 Å². The van der Waals surface area contributed by atoms with E-state index < -0.39 is 0 Å². The van der Waals surface area contributed by atoms with Crippen LogP contribution in [0, 0.1) is 0 Å². The lowest BCUT2D eigenvalue weighted by Crippen LogP contribution is -2.44. The van der Waals surface area contributed by atoms with Gasteiger partial charge in [0.1, 0.15) is 18.0 Å². The van der Waals surface area contributed by atoms with Gasteiger partial charge in [0.05, 0.1) is 21.3 Å². The molecular formula is C19H25N5O4. The first-order valence-corrected chi connectivity index (χ1v) is 8.92. The summed E-state index contributed by atoms with van der Waals surface area (Å²) in [4.78, 5) is 25.7. The first-order chi connectivity index (χ1) is 13.5. The second kappa shape index (κ2) is 8.75. The molecule has 0 spiro atoms. The molecule has 1 N–H and O–H groups in total. The van der Waals surface area contributed by atoms with Gasteiger partial charge in [0.15, 0.2) is 11.5 Å². The lowest BCUT2D eigenvalue weighted by atomic mass is 10.1. The van der Waals surface area contributed by atoms with E-state index in [-0.39, 0.29) is 5.91 Å². The summed E-state index contributed by atoms with van der Waals surface area (Å²) in [6.07, 6.45) is 1.46. The highest BCUT2D eigenvalue weighted by Gasteiger charge is 2.19. The van der Waals surface area contributed by atoms with E-state index in [0.717, 1.165) is 32.0 Å². The number of likely N-dealkylation sites (N-methyl/N-ethyl adjacent to an activating group) is 1. The Kier molecular flexibility index (Phi) is 6.15. The fourth-order valence-corrected chi connectivity index (χ4v) is 3.02. The molecule has 1 amide bonds. The fraction of sp³-hybridized carbons (Fsp3) is 0.421. The number of amides is 1. The van der Waals surface area contributed by atoms with Crippen LogP contribution in [-0.2, 0) is 0 Å². The van der Waals surface area contributed by atoms with Gasteiger partial charge in [0.2, 0.25) is 5.75 Å². The second-order valence-corrected chi connectivity index (χ2v) is 6.42. The summed E-state index contributed by atoms with van der Waals surface area (Å²) in [6.45, 7) is 3.70. The number of carbonyl (C=O) groups excluding carboxylic acids is 1. The molecule has 0 unspecified atom stereocenters. The van der Waals surface area contributed by atoms with Gasteiger partial charge in [-0.2, -0.15) is 0 Å². The third kappa shape index (κ3) is 4.25. The zero-order valence-corrected chi connectivity index (χ0v) is 16.6. The van der Waals surface area contributed by atoms with E-state index >= 15 is 0 Å². The molecule has 2 heterocycles. The van der Waals surface area contributed by atoms with Crippen LogP contribution in [0.5, 0.6) is 17.2 Å². The van der Waals surface area contributed by atoms with E-state index in [1.54, 1.807) is 18.2 Å². The minimum absolute atomic E-state index is 0.331. The maximum Gasteiger partial charge on any atom is 0.257 e. The predicted octanol–water partition coefficient (Wildman–Crippen LogP) is 1.51. The van der Waals surface area contributed by atoms with Gasteiger partial charge in [-0.1, -0.05) is 0 Å². The molecule has 0 saturated carbocycles. The van der Waals surface area contributed by atoms with Crippen molar-refractivity contribution in [3.05, 3.63) is 30.1 Å². The molecule has 1 aliphatic heterocycles. The van der Waals surface area contributed by atoms with Crippen LogP contribution in [0.4, 0.5) is 11.6 Å². The van der Waals surface area contributed by atoms with Crippen molar-refractivity contribution in [3.8, 4) is 17.2 Å². The van der Waals surface area contributed by atoms with Crippen molar-refractivity contribution in [2.75, 3.05) is 64.8 Å². The van der Waals surface area contributed by atoms with E-state index in [2.05, 4.69) is 32.1 Å². The third-order valence-electron chi connectivity index (χ3n) is 4.65. The van der Waals surface area contributed by atoms with Crippen LogP contribution in [0.1, 0.15) is 10.4 Å². The number of benzene rings is 1. The molecule has 1 fully saturated rings. The van der Waals surface area contributed by atoms with Crippen molar-refractivity contribution >= 4 is 17.5 Å². The second-order valence-electron chi connectivity index (χ2n) is 6.42. The number of piperazine rings is 1. The Labute approximate surface area is 164 Å². The van der Waals surface area contributed by atoms with Crippen LogP contribution < -0.4 is 24.4 Å². The molecule has 1 aromatic heterocycles. The van der Waals surface area contributed by atoms with Gasteiger partial charge in [0.25, 0.3) is 5.91 Å². The first-order valence-electron chi connectivity index (χ1n) is 8.92. The fourth-order valence-electron chi connectivity index (χ4n) is 3.02. The molecule has 0 aliphatic carbocycles. The van der Waals surface area contributed by atoms with E-state index in [0.29, 0.717) is 28.6 Å². The van der Waals surface area contributed by atoms with Gasteiger partial charge in [0, 0.05) is 37.8 Å². The van der Waals surface area contributed by atoms with Crippen LogP contribution in [-0.4, -0.2) is 75.3 Å². The van der Waals surface area contributed by atoms with E-state index in [1.807, 2.05) is 0 Å². The van der Waals surface area contributed by atoms with Gasteiger partial charge in [-0.05, 0) is 19.2 Å². The van der Waals surface area contributed by atoms with Crippen LogP contribution >= 0.6 is 0 Å². The van der Waals surface area contributed by atoms with E-state index in [1.165, 1.54) is 27.7 Å². The Morgan fingerprint density at radius 2 is 1.61 bits per heavy atom. The Morgan fingerprint density at radius 1 is 0.964 bits per heavy atom. The number of hydrogen-bond donors (Lipinski definition) is 1. The van der Waals surface area contributed by atoms with Gasteiger partial charge in [-0.15, -0.1) is 0 Å². The number of anilines is 2. The standard InChI is InChI=1S/C19H25N5O4/c1-23-5-7-24(8-6-23)17-11-16(20-12-21-17)22-19(25)13-9-14(26-2)18(28-4)15(10-13)27-3/h9-12H,5-8H2,1-4H3,(H,20,21,22,25). The smallest absolute Gasteiger partial charge is 0.257 e. The summed E-state index contributed by atoms with van der Waals surface area (Å²) in [6, 6.07) is 4.97. The lowest BCUT2D eigenvalue weighted by Gasteiger charge is -2.33. The Hall–Kier alpha value is -3.07. The zero-order valence-electron chi connectivity index (χ0n) is 16.6. The van der Waals surface area contributed by atoms with Crippen molar-refractivity contribution in [3.63, 3.8) is 0 Å². The Bertz CT molecular complexity index is 812. The van der Waals surface area contributed by atoms with Crippen molar-refractivity contribution in [2.45, 2.75) is 0 Å². The summed E-state index contributed by atoms with van der Waals surface area (Å²) < 4.78 is 15.9. The van der Waals surface area contributed by atoms with Crippen molar-refractivity contribution in [2.24, 2.45) is 0 Å². The topological polar surface area (TPSA) is 89.1 Å². The van der Waals surface area contributed by atoms with Gasteiger partial charge >= 0.3 is 0 Å². The third-order valence-corrected chi connectivity index (χ3v) is 4.65. The number of methoxy groups -OCH3 is 3. The number of rotatable bonds is 6. The quantitative estimate of drug-likeness (QED) is 0.798. The average Bonchev–Trinajstić information content (AvgIpc) is 2.73. The first kappa shape index (κ1) is 19.7. The maximum atomic E-state index is 12.7. The molecule has 28 heavy (non-hydrogen) atoms. The molecule has 3 rings (SSSR count). The van der Waals surface area contributed by atoms with Crippen LogP contribution in [0.3, 0.4) is 0 Å². The molecule has 0 radical (unpaired) electrons. The highest BCUT2D eigenvalue weighted by atomic mass is 16.5. The van der Waals surface area contributed by atoms with E-state index in [4.69, 9.17) is 14.2 Å². The number of hydrogen-bond acceptors (Lipinski definition) is 8. The summed E-state index contributed by atoms with van der Waals surface area (Å²) in [5, 5.41) is 2.81. The monoisotopic (exact) mass is 387 g/mol. The summed E-state index contributed by atoms with van der Waals surface area (Å²) >= 11 is 0. The molecule has 1 saturated heterocycles. The number of carbonyl (C=O) groups is 1. The molecule has 1 aromatic carbocycles. The Morgan fingerprint density at radius 3 is 2.18 bits per heavy atom. The molecule has 2 aromatic rings. The van der Waals surface area contributed by atoms with Gasteiger partial charge in [-0.3, -0.25) is 4.79 Å². The number of nitrogens with zero attached hydrogens (tertiary/aromatic N) is 4. The molecule has 1 aliphatic rings. The SMILES string of the molecule is COc1cc(C(=O)Nc2cc(N3CCN(C)CC3)ncn2)cc(OC)c1OC. The summed E-state index contributed by atoms with van der Waals surface area (Å²) in [5.41, 5.74) is 0.370. The Balaban J connectivity index is 1.79.